The van der Waals surface area contributed by atoms with E-state index in [0.717, 1.165) is 6.07 Å². The van der Waals surface area contributed by atoms with Gasteiger partial charge in [-0.2, -0.15) is 33.7 Å². The van der Waals surface area contributed by atoms with Crippen LogP contribution in [0.2, 0.25) is 5.02 Å². The van der Waals surface area contributed by atoms with Crippen LogP contribution >= 0.6 is 11.6 Å². The van der Waals surface area contributed by atoms with E-state index < -0.39 is 64.6 Å². The first-order valence-electron chi connectivity index (χ1n) is 13.6. The molecule has 7 rings (SSSR count). The predicted octanol–water partition coefficient (Wildman–Crippen LogP) is 5.48. The van der Waals surface area contributed by atoms with Gasteiger partial charge in [-0.15, -0.1) is 0 Å². The highest BCUT2D eigenvalue weighted by atomic mass is 35.5. The number of benzene rings is 6. The molecule has 0 unspecified atom stereocenters. The maximum absolute atomic E-state index is 12.1. The van der Waals surface area contributed by atoms with Crippen LogP contribution < -0.4 is 27.4 Å². The smallest absolute Gasteiger partial charge is 0.360 e. The summed E-state index contributed by atoms with van der Waals surface area (Å²) in [7, 11) is -20.9. The van der Waals surface area contributed by atoms with Crippen LogP contribution in [0.3, 0.4) is 0 Å². The molecule has 51 heavy (non-hydrogen) atoms. The molecule has 0 amide bonds. The third kappa shape index (κ3) is 6.43. The summed E-state index contributed by atoms with van der Waals surface area (Å²) in [4.78, 5) is 0. The van der Waals surface area contributed by atoms with Crippen molar-refractivity contribution in [2.24, 2.45) is 0 Å². The lowest BCUT2D eigenvalue weighted by Gasteiger charge is -2.29. The van der Waals surface area contributed by atoms with Gasteiger partial charge in [-0.1, -0.05) is 60.1 Å². The first-order chi connectivity index (χ1) is 23.7. The molecule has 0 radical (unpaired) electrons. The highest BCUT2D eigenvalue weighted by Crippen LogP contribution is 2.57. The summed E-state index contributed by atoms with van der Waals surface area (Å²) in [6.07, 6.45) is 0. The second-order valence-electron chi connectivity index (χ2n) is 10.6. The molecule has 1 aliphatic rings. The minimum atomic E-state index is -5.27. The Hall–Kier alpha value is -4.91. The van der Waals surface area contributed by atoms with Gasteiger partial charge in [0.15, 0.2) is 23.0 Å². The molecule has 0 saturated carbocycles. The van der Waals surface area contributed by atoms with Gasteiger partial charge >= 0.3 is 41.6 Å². The minimum absolute atomic E-state index is 0.00931. The number of anilines is 4. The van der Waals surface area contributed by atoms with Crippen LogP contribution in [0, 0.1) is 0 Å². The quantitative estimate of drug-likeness (QED) is 0.0819. The van der Waals surface area contributed by atoms with E-state index in [1.165, 1.54) is 60.7 Å². The van der Waals surface area contributed by atoms with E-state index in [1.807, 2.05) is 0 Å². The van der Waals surface area contributed by atoms with E-state index >= 15 is 0 Å². The number of nitrogens with one attached hydrogen (secondary N) is 2. The standard InChI is InChI=1S/C28H17ClN2O16S4/c29-18-11-17-21(28(47-51(41,42)43)15-8-4-2-6-13(15)26(17)45-49(35,36)37)24-22(18)31-23-19(30-24)10-9-16-20(23)27(46-50(38,39)40)14-7-3-1-5-12(14)25(16)44-48(32,33)34/h1-11,30-31H,(H,32,33,34)(H,35,36,37)(H,38,39,40)(H,41,42,43). The lowest BCUT2D eigenvalue weighted by atomic mass is 9.95. The van der Waals surface area contributed by atoms with Gasteiger partial charge in [0, 0.05) is 32.3 Å². The zero-order chi connectivity index (χ0) is 36.8. The van der Waals surface area contributed by atoms with Gasteiger partial charge in [0.25, 0.3) is 0 Å². The zero-order valence-electron chi connectivity index (χ0n) is 24.5. The molecule has 6 aromatic rings. The van der Waals surface area contributed by atoms with E-state index in [0.29, 0.717) is 0 Å². The van der Waals surface area contributed by atoms with Crippen molar-refractivity contribution >= 4 is 119 Å². The lowest BCUT2D eigenvalue weighted by Crippen LogP contribution is -2.14. The zero-order valence-corrected chi connectivity index (χ0v) is 28.6. The Kier molecular flexibility index (Phi) is 7.83. The van der Waals surface area contributed by atoms with Gasteiger partial charge in [-0.25, -0.2) is 0 Å². The Morgan fingerprint density at radius 3 is 1.29 bits per heavy atom. The van der Waals surface area contributed by atoms with Crippen LogP contribution in [0.5, 0.6) is 23.0 Å². The molecule has 23 heteroatoms. The second-order valence-corrected chi connectivity index (χ2v) is 15.1. The molecular formula is C28H17ClN2O16S4. The van der Waals surface area contributed by atoms with Crippen molar-refractivity contribution in [1.82, 2.24) is 0 Å². The molecule has 1 aliphatic heterocycles. The maximum Gasteiger partial charge on any atom is 0.446 e. The van der Waals surface area contributed by atoms with Crippen LogP contribution in [0.15, 0.2) is 66.7 Å². The summed E-state index contributed by atoms with van der Waals surface area (Å²) in [6, 6.07) is 14.6. The highest BCUT2D eigenvalue weighted by molar-refractivity contribution is 7.82. The van der Waals surface area contributed by atoms with Gasteiger partial charge in [-0.3, -0.25) is 18.2 Å². The van der Waals surface area contributed by atoms with Crippen molar-refractivity contribution in [2.45, 2.75) is 0 Å². The van der Waals surface area contributed by atoms with E-state index in [1.54, 1.807) is 0 Å². The lowest BCUT2D eigenvalue weighted by molar-refractivity contribution is 0.385. The Bertz CT molecular complexity index is 2990. The topological polar surface area (TPSA) is 278 Å². The summed E-state index contributed by atoms with van der Waals surface area (Å²) >= 11 is 6.70. The number of rotatable bonds is 8. The average molecular weight is 801 g/mol. The van der Waals surface area contributed by atoms with Crippen molar-refractivity contribution in [2.75, 3.05) is 10.6 Å². The third-order valence-corrected chi connectivity index (χ3v) is 9.33. The van der Waals surface area contributed by atoms with Crippen molar-refractivity contribution in [3.8, 4) is 23.0 Å². The van der Waals surface area contributed by atoms with Crippen molar-refractivity contribution < 1.29 is 68.6 Å². The fraction of sp³-hybridized carbons (Fsp3) is 0. The van der Waals surface area contributed by atoms with Crippen LogP contribution in [0.4, 0.5) is 22.7 Å². The molecule has 0 spiro atoms. The molecule has 6 N–H and O–H groups in total. The van der Waals surface area contributed by atoms with E-state index in [9.17, 15) is 51.9 Å². The molecule has 0 aliphatic carbocycles. The number of hydrogen-bond donors (Lipinski definition) is 6. The summed E-state index contributed by atoms with van der Waals surface area (Å²) in [6.45, 7) is 0. The third-order valence-electron chi connectivity index (χ3n) is 7.52. The normalized spacial score (nSPS) is 13.4. The maximum atomic E-state index is 12.1. The van der Waals surface area contributed by atoms with E-state index in [2.05, 4.69) is 10.6 Å². The van der Waals surface area contributed by atoms with Crippen molar-refractivity contribution in [1.29, 1.82) is 0 Å². The van der Waals surface area contributed by atoms with E-state index in [4.69, 9.17) is 28.3 Å². The summed E-state index contributed by atoms with van der Waals surface area (Å²) in [5, 5.41) is 4.29. The van der Waals surface area contributed by atoms with Gasteiger partial charge in [0.1, 0.15) is 0 Å². The number of halogens is 1. The molecule has 18 nitrogen and oxygen atoms in total. The Balaban J connectivity index is 1.61. The van der Waals surface area contributed by atoms with Gasteiger partial charge < -0.3 is 27.4 Å². The highest BCUT2D eigenvalue weighted by Gasteiger charge is 2.32. The van der Waals surface area contributed by atoms with Crippen molar-refractivity contribution in [3.05, 3.63) is 71.8 Å². The van der Waals surface area contributed by atoms with Crippen molar-refractivity contribution in [3.63, 3.8) is 0 Å². The summed E-state index contributed by atoms with van der Waals surface area (Å²) in [5.74, 6) is -2.10. The van der Waals surface area contributed by atoms with Gasteiger partial charge in [-0.05, 0) is 18.2 Å². The first-order valence-corrected chi connectivity index (χ1v) is 19.5. The van der Waals surface area contributed by atoms with Gasteiger partial charge in [0.2, 0.25) is 0 Å². The van der Waals surface area contributed by atoms with Crippen LogP contribution in [0.25, 0.3) is 43.1 Å². The largest absolute Gasteiger partial charge is 0.446 e. The van der Waals surface area contributed by atoms with Crippen LogP contribution in [0.1, 0.15) is 0 Å². The molecule has 0 fully saturated rings. The molecule has 0 saturated heterocycles. The Labute approximate surface area is 291 Å². The second kappa shape index (κ2) is 11.6. The summed E-state index contributed by atoms with van der Waals surface area (Å²) < 4.78 is 155. The first kappa shape index (κ1) is 34.5. The molecule has 0 atom stereocenters. The molecule has 0 aromatic heterocycles. The number of fused-ring (bicyclic) bond motifs is 8. The monoisotopic (exact) mass is 800 g/mol. The van der Waals surface area contributed by atoms with Crippen LogP contribution in [-0.4, -0.2) is 51.9 Å². The minimum Gasteiger partial charge on any atom is -0.360 e. The predicted molar refractivity (Wildman–Crippen MR) is 183 cm³/mol. The molecule has 0 bridgehead atoms. The molecule has 1 heterocycles. The summed E-state index contributed by atoms with van der Waals surface area (Å²) in [5.41, 5.74) is -0.351. The Morgan fingerprint density at radius 2 is 0.843 bits per heavy atom. The fourth-order valence-electron chi connectivity index (χ4n) is 5.93. The molecule has 266 valence electrons. The van der Waals surface area contributed by atoms with Gasteiger partial charge in [0.05, 0.1) is 38.5 Å². The van der Waals surface area contributed by atoms with E-state index in [-0.39, 0.29) is 70.9 Å². The number of hydrogen-bond acceptors (Lipinski definition) is 14. The molecular weight excluding hydrogens is 784 g/mol. The average Bonchev–Trinajstić information content (AvgIpc) is 3.01. The van der Waals surface area contributed by atoms with Crippen LogP contribution in [-0.2, 0) is 41.6 Å². The fourth-order valence-corrected chi connectivity index (χ4v) is 7.72. The molecule has 6 aromatic carbocycles. The SMILES string of the molecule is O=S(=O)(O)Oc1c2ccccc2c(OS(=O)(=O)O)c2c3c(ccc12)Nc1c(c(Cl)cc2c(OS(=O)(=O)O)c4ccccc4c(OS(=O)(=O)O)c12)N3. The Morgan fingerprint density at radius 1 is 0.451 bits per heavy atom.